The number of Topliss-reactive ketones (excluding diaryl/α,β-unsaturated/α-hetero) is 1. The fourth-order valence-corrected chi connectivity index (χ4v) is 3.56. The lowest BCUT2D eigenvalue weighted by Gasteiger charge is -2.21. The van der Waals surface area contributed by atoms with Crippen molar-refractivity contribution in [1.82, 2.24) is 9.36 Å². The minimum absolute atomic E-state index is 0.00774. The fourth-order valence-electron chi connectivity index (χ4n) is 2.79. The Hall–Kier alpha value is -2.48. The van der Waals surface area contributed by atoms with Crippen LogP contribution in [0.5, 0.6) is 5.75 Å². The molecule has 1 aromatic heterocycles. The maximum atomic E-state index is 12.6. The maximum absolute atomic E-state index is 12.6. The van der Waals surface area contributed by atoms with Gasteiger partial charge in [0.1, 0.15) is 11.6 Å². The van der Waals surface area contributed by atoms with Crippen LogP contribution in [-0.2, 0) is 6.42 Å². The molecule has 152 valence electrons. The molecule has 1 heterocycles. The zero-order chi connectivity index (χ0) is 20.8. The molecule has 0 aliphatic carbocycles. The van der Waals surface area contributed by atoms with Crippen LogP contribution in [0.15, 0.2) is 48.5 Å². The average molecular weight is 431 g/mol. The molecule has 3 rings (SSSR count). The van der Waals surface area contributed by atoms with E-state index in [-0.39, 0.29) is 24.3 Å². The monoisotopic (exact) mass is 430 g/mol. The molecule has 0 aliphatic rings. The number of rotatable bonds is 9. The van der Waals surface area contributed by atoms with Crippen LogP contribution in [0.4, 0.5) is 5.13 Å². The van der Waals surface area contributed by atoms with Crippen LogP contribution in [-0.4, -0.2) is 34.3 Å². The number of nitrogens with one attached hydrogen (secondary N) is 1. The maximum Gasteiger partial charge on any atom is 0.202 e. The van der Waals surface area contributed by atoms with Crippen LogP contribution >= 0.6 is 23.1 Å². The van der Waals surface area contributed by atoms with Gasteiger partial charge in [-0.3, -0.25) is 4.79 Å². The van der Waals surface area contributed by atoms with Crippen LogP contribution in [0.2, 0.25) is 5.02 Å². The molecule has 3 aromatic rings. The summed E-state index contributed by atoms with van der Waals surface area (Å²) in [5.74, 6) is 1.43. The number of aromatic nitrogens is 2. The van der Waals surface area contributed by atoms with Crippen molar-refractivity contribution >= 4 is 34.0 Å². The molecule has 29 heavy (non-hydrogen) atoms. The number of carbonyl (C=O) groups excluding carboxylic acids is 1. The first-order valence-corrected chi connectivity index (χ1v) is 10.4. The molecule has 6 nitrogen and oxygen atoms in total. The molecule has 0 bridgehead atoms. The molecule has 2 unspecified atom stereocenters. The van der Waals surface area contributed by atoms with Crippen molar-refractivity contribution in [2.24, 2.45) is 5.73 Å². The molecular formula is C21H23ClN4O2S. The number of carbonyl (C=O) groups is 1. The van der Waals surface area contributed by atoms with E-state index >= 15 is 0 Å². The average Bonchev–Trinajstić information content (AvgIpc) is 3.16. The van der Waals surface area contributed by atoms with Crippen molar-refractivity contribution < 1.29 is 9.53 Å². The van der Waals surface area contributed by atoms with Crippen LogP contribution in [0.25, 0.3) is 0 Å². The molecule has 0 spiro atoms. The van der Waals surface area contributed by atoms with Crippen molar-refractivity contribution in [1.29, 1.82) is 0 Å². The topological polar surface area (TPSA) is 90.1 Å². The van der Waals surface area contributed by atoms with Crippen LogP contribution in [0, 0.1) is 0 Å². The summed E-state index contributed by atoms with van der Waals surface area (Å²) in [6.07, 6.45) is 0.874. The zero-order valence-corrected chi connectivity index (χ0v) is 17.8. The van der Waals surface area contributed by atoms with Gasteiger partial charge in [0.2, 0.25) is 5.13 Å². The Balaban J connectivity index is 1.63. The Morgan fingerprint density at radius 1 is 1.21 bits per heavy atom. The Kier molecular flexibility index (Phi) is 7.19. The third-order valence-corrected chi connectivity index (χ3v) is 5.44. The number of ether oxygens (including phenoxy) is 1. The van der Waals surface area contributed by atoms with Crippen LogP contribution < -0.4 is 15.8 Å². The van der Waals surface area contributed by atoms with Gasteiger partial charge in [-0.05, 0) is 48.9 Å². The number of methoxy groups -OCH3 is 1. The van der Waals surface area contributed by atoms with Gasteiger partial charge in [-0.1, -0.05) is 23.7 Å². The minimum Gasteiger partial charge on any atom is -0.497 e. The molecular weight excluding hydrogens is 408 g/mol. The molecule has 0 aliphatic heterocycles. The van der Waals surface area contributed by atoms with Crippen molar-refractivity contribution in [3.63, 3.8) is 0 Å². The van der Waals surface area contributed by atoms with E-state index in [1.54, 1.807) is 31.4 Å². The molecule has 0 radical (unpaired) electrons. The number of nitrogens with zero attached hydrogens (tertiary/aromatic N) is 2. The van der Waals surface area contributed by atoms with Gasteiger partial charge in [-0.2, -0.15) is 4.37 Å². The van der Waals surface area contributed by atoms with Crippen molar-refractivity contribution in [2.45, 2.75) is 31.8 Å². The third-order valence-electron chi connectivity index (χ3n) is 4.50. The summed E-state index contributed by atoms with van der Waals surface area (Å²) >= 11 is 7.19. The van der Waals surface area contributed by atoms with Gasteiger partial charge in [-0.25, -0.2) is 4.98 Å². The Labute approximate surface area is 179 Å². The van der Waals surface area contributed by atoms with E-state index in [9.17, 15) is 4.79 Å². The van der Waals surface area contributed by atoms with Crippen molar-refractivity contribution in [3.8, 4) is 5.75 Å². The quantitative estimate of drug-likeness (QED) is 0.494. The van der Waals surface area contributed by atoms with E-state index in [0.29, 0.717) is 33.7 Å². The highest BCUT2D eigenvalue weighted by molar-refractivity contribution is 7.09. The molecule has 8 heteroatoms. The highest BCUT2D eigenvalue weighted by Crippen LogP contribution is 2.19. The number of ketones is 1. The van der Waals surface area contributed by atoms with Crippen LogP contribution in [0.3, 0.4) is 0 Å². The number of hydrogen-bond acceptors (Lipinski definition) is 7. The highest BCUT2D eigenvalue weighted by atomic mass is 35.5. The second-order valence-corrected chi connectivity index (χ2v) is 7.97. The minimum atomic E-state index is -0.249. The first kappa shape index (κ1) is 21.2. The van der Waals surface area contributed by atoms with Gasteiger partial charge in [0.15, 0.2) is 5.78 Å². The van der Waals surface area contributed by atoms with Gasteiger partial charge in [0, 0.05) is 41.0 Å². The predicted octanol–water partition coefficient (Wildman–Crippen LogP) is 4.19. The Bertz CT molecular complexity index is 942. The van der Waals surface area contributed by atoms with Crippen molar-refractivity contribution in [3.05, 3.63) is 70.5 Å². The summed E-state index contributed by atoms with van der Waals surface area (Å²) in [5, 5.41) is 4.62. The first-order chi connectivity index (χ1) is 13.9. The first-order valence-electron chi connectivity index (χ1n) is 9.21. The van der Waals surface area contributed by atoms with Gasteiger partial charge in [0.25, 0.3) is 0 Å². The normalized spacial score (nSPS) is 13.0. The molecule has 2 aromatic carbocycles. The Morgan fingerprint density at radius 2 is 1.90 bits per heavy atom. The lowest BCUT2D eigenvalue weighted by atomic mass is 10.00. The summed E-state index contributed by atoms with van der Waals surface area (Å²) in [5.41, 5.74) is 7.82. The number of nitrogens with two attached hydrogens (primary N) is 1. The van der Waals surface area contributed by atoms with E-state index < -0.39 is 0 Å². The molecule has 0 fully saturated rings. The van der Waals surface area contributed by atoms with E-state index in [0.717, 1.165) is 5.56 Å². The number of benzene rings is 2. The smallest absolute Gasteiger partial charge is 0.202 e. The van der Waals surface area contributed by atoms with E-state index in [1.165, 1.54) is 11.5 Å². The summed E-state index contributed by atoms with van der Waals surface area (Å²) in [6, 6.07) is 14.2. The van der Waals surface area contributed by atoms with E-state index in [1.807, 2.05) is 31.2 Å². The summed E-state index contributed by atoms with van der Waals surface area (Å²) in [4.78, 5) is 17.2. The van der Waals surface area contributed by atoms with Crippen LogP contribution in [0.1, 0.15) is 35.1 Å². The molecule has 0 amide bonds. The predicted molar refractivity (Wildman–Crippen MR) is 117 cm³/mol. The zero-order valence-electron chi connectivity index (χ0n) is 16.3. The second-order valence-electron chi connectivity index (χ2n) is 6.78. The van der Waals surface area contributed by atoms with E-state index in [2.05, 4.69) is 14.7 Å². The number of anilines is 1. The second kappa shape index (κ2) is 9.82. The lowest BCUT2D eigenvalue weighted by Crippen LogP contribution is -2.39. The molecule has 2 atom stereocenters. The van der Waals surface area contributed by atoms with Gasteiger partial charge in [-0.15, -0.1) is 0 Å². The number of halogens is 1. The number of hydrogen-bond donors (Lipinski definition) is 2. The molecule has 0 saturated carbocycles. The van der Waals surface area contributed by atoms with Gasteiger partial charge >= 0.3 is 0 Å². The molecule has 0 saturated heterocycles. The molecule has 3 N–H and O–H groups in total. The summed E-state index contributed by atoms with van der Waals surface area (Å²) in [7, 11) is 1.59. The standard InChI is InChI=1S/C21H23ClN4O2S/c1-13(23)18(12-19(27)15-5-9-17(28-2)10-6-15)24-21-25-20(26-29-21)11-14-3-7-16(22)8-4-14/h3-10,13,18H,11-12,23H2,1-2H3,(H,24,25,26). The summed E-state index contributed by atoms with van der Waals surface area (Å²) in [6.45, 7) is 1.87. The van der Waals surface area contributed by atoms with E-state index in [4.69, 9.17) is 22.1 Å². The fraction of sp³-hybridized carbons (Fsp3) is 0.286. The lowest BCUT2D eigenvalue weighted by molar-refractivity contribution is 0.0974. The highest BCUT2D eigenvalue weighted by Gasteiger charge is 2.20. The third kappa shape index (κ3) is 6.00. The van der Waals surface area contributed by atoms with Gasteiger partial charge < -0.3 is 15.8 Å². The van der Waals surface area contributed by atoms with Crippen molar-refractivity contribution in [2.75, 3.05) is 12.4 Å². The van der Waals surface area contributed by atoms with Gasteiger partial charge in [0.05, 0.1) is 13.2 Å². The Morgan fingerprint density at radius 3 is 2.52 bits per heavy atom. The summed E-state index contributed by atoms with van der Waals surface area (Å²) < 4.78 is 9.53. The SMILES string of the molecule is COc1ccc(C(=O)CC(Nc2nc(Cc3ccc(Cl)cc3)ns2)C(C)N)cc1. The largest absolute Gasteiger partial charge is 0.497 e.